The normalized spacial score (nSPS) is 23.5. The van der Waals surface area contributed by atoms with Gasteiger partial charge in [0.1, 0.15) is 12.1 Å². The van der Waals surface area contributed by atoms with Gasteiger partial charge in [-0.1, -0.05) is 18.5 Å². The molecule has 19 heavy (non-hydrogen) atoms. The zero-order valence-corrected chi connectivity index (χ0v) is 13.0. The molecule has 1 fully saturated rings. The largest absolute Gasteiger partial charge is 0.343 e. The Morgan fingerprint density at radius 3 is 2.68 bits per heavy atom. The van der Waals surface area contributed by atoms with Gasteiger partial charge >= 0.3 is 0 Å². The highest BCUT2D eigenvalue weighted by molar-refractivity contribution is 9.10. The third-order valence-corrected chi connectivity index (χ3v) is 4.07. The van der Waals surface area contributed by atoms with E-state index in [0.717, 1.165) is 0 Å². The van der Waals surface area contributed by atoms with Gasteiger partial charge < -0.3 is 5.32 Å². The van der Waals surface area contributed by atoms with Crippen LogP contribution in [0.4, 0.5) is 5.69 Å². The second-order valence-electron chi connectivity index (χ2n) is 4.45. The van der Waals surface area contributed by atoms with Gasteiger partial charge in [-0.15, -0.1) is 0 Å². The van der Waals surface area contributed by atoms with E-state index in [0.29, 0.717) is 21.6 Å². The van der Waals surface area contributed by atoms with Crippen LogP contribution in [0.25, 0.3) is 0 Å². The maximum absolute atomic E-state index is 12.4. The average molecular weight is 346 g/mol. The Balaban J connectivity index is 2.45. The number of piperazine rings is 1. The number of hydrogen-bond donors (Lipinski definition) is 1. The van der Waals surface area contributed by atoms with Crippen molar-refractivity contribution in [1.82, 2.24) is 5.32 Å². The van der Waals surface area contributed by atoms with Crippen molar-refractivity contribution in [2.75, 3.05) is 4.90 Å². The Bertz CT molecular complexity index is 535. The lowest BCUT2D eigenvalue weighted by molar-refractivity contribution is -0.133. The fourth-order valence-electron chi connectivity index (χ4n) is 2.11. The molecule has 1 aliphatic rings. The topological polar surface area (TPSA) is 49.4 Å². The molecule has 1 aromatic rings. The molecule has 102 valence electrons. The molecular weight excluding hydrogens is 332 g/mol. The minimum Gasteiger partial charge on any atom is -0.343 e. The Labute approximate surface area is 125 Å². The Morgan fingerprint density at radius 2 is 2.11 bits per heavy atom. The van der Waals surface area contributed by atoms with E-state index in [1.165, 1.54) is 4.90 Å². The minimum atomic E-state index is -0.534. The molecule has 0 spiro atoms. The Morgan fingerprint density at radius 1 is 1.42 bits per heavy atom. The molecule has 2 amide bonds. The van der Waals surface area contributed by atoms with Crippen LogP contribution in [-0.2, 0) is 9.59 Å². The lowest BCUT2D eigenvalue weighted by atomic mass is 10.1. The van der Waals surface area contributed by atoms with Gasteiger partial charge in [-0.05, 0) is 47.5 Å². The molecule has 0 aromatic heterocycles. The molecule has 4 nitrogen and oxygen atoms in total. The summed E-state index contributed by atoms with van der Waals surface area (Å²) in [4.78, 5) is 25.9. The number of rotatable bonds is 2. The van der Waals surface area contributed by atoms with Crippen LogP contribution in [0.3, 0.4) is 0 Å². The molecular formula is C13H14BrClN2O2. The summed E-state index contributed by atoms with van der Waals surface area (Å²) < 4.78 is 0.699. The summed E-state index contributed by atoms with van der Waals surface area (Å²) in [5.41, 5.74) is 0.662. The number of carbonyl (C=O) groups is 2. The van der Waals surface area contributed by atoms with Crippen LogP contribution in [0.1, 0.15) is 20.3 Å². The van der Waals surface area contributed by atoms with E-state index in [9.17, 15) is 9.59 Å². The average Bonchev–Trinajstić information content (AvgIpc) is 2.36. The standard InChI is InChI=1S/C13H14BrClN2O2/c1-3-10-13(19)17(7(2)12(18)16-10)11-5-4-8(15)6-9(11)14/h4-7,10H,3H2,1-2H3,(H,16,18). The molecule has 1 N–H and O–H groups in total. The van der Waals surface area contributed by atoms with E-state index in [4.69, 9.17) is 11.6 Å². The predicted molar refractivity (Wildman–Crippen MR) is 78.3 cm³/mol. The van der Waals surface area contributed by atoms with Crippen LogP contribution >= 0.6 is 27.5 Å². The smallest absolute Gasteiger partial charge is 0.250 e. The summed E-state index contributed by atoms with van der Waals surface area (Å²) in [5, 5.41) is 3.30. The number of amides is 2. The van der Waals surface area contributed by atoms with Crippen LogP contribution in [0.2, 0.25) is 5.02 Å². The van der Waals surface area contributed by atoms with E-state index in [1.807, 2.05) is 6.92 Å². The van der Waals surface area contributed by atoms with Crippen molar-refractivity contribution in [2.24, 2.45) is 0 Å². The van der Waals surface area contributed by atoms with E-state index in [1.54, 1.807) is 25.1 Å². The summed E-state index contributed by atoms with van der Waals surface area (Å²) in [6.45, 7) is 3.58. The van der Waals surface area contributed by atoms with E-state index in [-0.39, 0.29) is 11.8 Å². The monoisotopic (exact) mass is 344 g/mol. The van der Waals surface area contributed by atoms with Crippen molar-refractivity contribution >= 4 is 45.0 Å². The number of hydrogen-bond acceptors (Lipinski definition) is 2. The van der Waals surface area contributed by atoms with Gasteiger partial charge in [-0.25, -0.2) is 0 Å². The number of anilines is 1. The van der Waals surface area contributed by atoms with Gasteiger partial charge in [0.05, 0.1) is 5.69 Å². The summed E-state index contributed by atoms with van der Waals surface area (Å²) in [6.07, 6.45) is 0.568. The van der Waals surface area contributed by atoms with E-state index >= 15 is 0 Å². The molecule has 1 saturated heterocycles. The maximum atomic E-state index is 12.4. The number of nitrogens with one attached hydrogen (secondary N) is 1. The Kier molecular flexibility index (Phi) is 4.16. The number of halogens is 2. The molecule has 2 unspecified atom stereocenters. The third-order valence-electron chi connectivity index (χ3n) is 3.20. The van der Waals surface area contributed by atoms with Gasteiger partial charge in [0.2, 0.25) is 11.8 Å². The number of benzene rings is 1. The van der Waals surface area contributed by atoms with Gasteiger partial charge in [0, 0.05) is 9.50 Å². The molecule has 1 heterocycles. The first-order valence-corrected chi connectivity index (χ1v) is 7.21. The van der Waals surface area contributed by atoms with Crippen molar-refractivity contribution in [3.63, 3.8) is 0 Å². The highest BCUT2D eigenvalue weighted by Crippen LogP contribution is 2.32. The van der Waals surface area contributed by atoms with Crippen LogP contribution in [0, 0.1) is 0 Å². The molecule has 1 aliphatic heterocycles. The summed E-state index contributed by atoms with van der Waals surface area (Å²) in [5.74, 6) is -0.245. The van der Waals surface area contributed by atoms with Crippen molar-refractivity contribution in [3.05, 3.63) is 27.7 Å². The first-order valence-electron chi connectivity index (χ1n) is 6.04. The third kappa shape index (κ3) is 2.62. The molecule has 0 saturated carbocycles. The second kappa shape index (κ2) is 5.51. The first-order chi connectivity index (χ1) is 8.95. The molecule has 0 aliphatic carbocycles. The summed E-state index contributed by atoms with van der Waals surface area (Å²) >= 11 is 9.29. The lowest BCUT2D eigenvalue weighted by Gasteiger charge is -2.37. The van der Waals surface area contributed by atoms with Gasteiger partial charge in [0.25, 0.3) is 0 Å². The lowest BCUT2D eigenvalue weighted by Crippen LogP contribution is -2.62. The fourth-order valence-corrected chi connectivity index (χ4v) is 2.98. The van der Waals surface area contributed by atoms with E-state index in [2.05, 4.69) is 21.2 Å². The van der Waals surface area contributed by atoms with Crippen LogP contribution < -0.4 is 10.2 Å². The molecule has 2 atom stereocenters. The second-order valence-corrected chi connectivity index (χ2v) is 5.74. The fraction of sp³-hybridized carbons (Fsp3) is 0.385. The zero-order valence-electron chi connectivity index (χ0n) is 10.6. The van der Waals surface area contributed by atoms with Crippen molar-refractivity contribution < 1.29 is 9.59 Å². The van der Waals surface area contributed by atoms with Gasteiger partial charge in [0.15, 0.2) is 0 Å². The SMILES string of the molecule is CCC1NC(=O)C(C)N(c2ccc(Cl)cc2Br)C1=O. The van der Waals surface area contributed by atoms with Gasteiger partial charge in [-0.2, -0.15) is 0 Å². The number of nitrogens with zero attached hydrogens (tertiary/aromatic N) is 1. The molecule has 1 aromatic carbocycles. The molecule has 0 bridgehead atoms. The predicted octanol–water partition coefficient (Wildman–Crippen LogP) is 2.73. The molecule has 0 radical (unpaired) electrons. The highest BCUT2D eigenvalue weighted by atomic mass is 79.9. The van der Waals surface area contributed by atoms with Crippen molar-refractivity contribution in [1.29, 1.82) is 0 Å². The zero-order chi connectivity index (χ0) is 14.2. The van der Waals surface area contributed by atoms with Crippen LogP contribution in [-0.4, -0.2) is 23.9 Å². The molecule has 6 heteroatoms. The van der Waals surface area contributed by atoms with Crippen molar-refractivity contribution in [2.45, 2.75) is 32.4 Å². The molecule has 2 rings (SSSR count). The highest BCUT2D eigenvalue weighted by Gasteiger charge is 2.38. The first kappa shape index (κ1) is 14.3. The summed E-state index contributed by atoms with van der Waals surface area (Å²) in [6, 6.07) is 4.16. The van der Waals surface area contributed by atoms with E-state index < -0.39 is 12.1 Å². The van der Waals surface area contributed by atoms with Gasteiger partial charge in [-0.3, -0.25) is 14.5 Å². The Hall–Kier alpha value is -1.07. The quantitative estimate of drug-likeness (QED) is 0.896. The summed E-state index contributed by atoms with van der Waals surface area (Å²) in [7, 11) is 0. The van der Waals surface area contributed by atoms with Crippen LogP contribution in [0.15, 0.2) is 22.7 Å². The number of carbonyl (C=O) groups excluding carboxylic acids is 2. The van der Waals surface area contributed by atoms with Crippen molar-refractivity contribution in [3.8, 4) is 0 Å². The minimum absolute atomic E-state index is 0.0994. The van der Waals surface area contributed by atoms with Crippen LogP contribution in [0.5, 0.6) is 0 Å². The maximum Gasteiger partial charge on any atom is 0.250 e.